The van der Waals surface area contributed by atoms with E-state index >= 15 is 0 Å². The minimum Gasteiger partial charge on any atom is -0.494 e. The third kappa shape index (κ3) is 5.74. The van der Waals surface area contributed by atoms with Gasteiger partial charge in [-0.2, -0.15) is 13.2 Å². The van der Waals surface area contributed by atoms with E-state index in [1.807, 2.05) is 0 Å². The molecule has 0 unspecified atom stereocenters. The van der Waals surface area contributed by atoms with Gasteiger partial charge in [-0.3, -0.25) is 4.79 Å². The van der Waals surface area contributed by atoms with Gasteiger partial charge in [0, 0.05) is 5.69 Å². The standard InChI is InChI=1S/C17H19F3N2O2S/c1-2-3-4-5-10-24-13-8-6-12(7-9-13)22-16(23)14-15(17(18,19)20)21-11-25-14/h6-9,11H,2-5,10H2,1H3,(H,22,23). The summed E-state index contributed by atoms with van der Waals surface area (Å²) >= 11 is 0.657. The molecule has 1 aromatic carbocycles. The van der Waals surface area contributed by atoms with E-state index in [1.165, 1.54) is 6.42 Å². The maximum absolute atomic E-state index is 12.8. The van der Waals surface area contributed by atoms with Crippen LogP contribution in [0.15, 0.2) is 29.8 Å². The molecular weight excluding hydrogens is 353 g/mol. The monoisotopic (exact) mass is 372 g/mol. The topological polar surface area (TPSA) is 51.2 Å². The van der Waals surface area contributed by atoms with Crippen molar-refractivity contribution in [2.45, 2.75) is 38.8 Å². The summed E-state index contributed by atoms with van der Waals surface area (Å²) in [6.45, 7) is 2.75. The van der Waals surface area contributed by atoms with Crippen LogP contribution in [0, 0.1) is 0 Å². The van der Waals surface area contributed by atoms with E-state index in [9.17, 15) is 18.0 Å². The van der Waals surface area contributed by atoms with E-state index in [2.05, 4.69) is 17.2 Å². The zero-order valence-corrected chi connectivity index (χ0v) is 14.5. The van der Waals surface area contributed by atoms with E-state index in [0.29, 0.717) is 29.4 Å². The number of rotatable bonds is 8. The highest BCUT2D eigenvalue weighted by molar-refractivity contribution is 7.12. The van der Waals surface area contributed by atoms with Crippen molar-refractivity contribution in [3.8, 4) is 5.75 Å². The Balaban J connectivity index is 1.91. The first-order chi connectivity index (χ1) is 11.9. The number of amides is 1. The Labute approximate surface area is 148 Å². The lowest BCUT2D eigenvalue weighted by Gasteiger charge is -2.09. The number of nitrogens with one attached hydrogen (secondary N) is 1. The molecule has 0 saturated carbocycles. The molecule has 0 saturated heterocycles. The Morgan fingerprint density at radius 3 is 2.56 bits per heavy atom. The van der Waals surface area contributed by atoms with Crippen LogP contribution in [0.2, 0.25) is 0 Å². The van der Waals surface area contributed by atoms with E-state index in [0.717, 1.165) is 24.8 Å². The van der Waals surface area contributed by atoms with Gasteiger partial charge in [-0.05, 0) is 30.7 Å². The summed E-state index contributed by atoms with van der Waals surface area (Å²) in [6.07, 6.45) is -0.239. The first-order valence-corrected chi connectivity index (χ1v) is 8.84. The van der Waals surface area contributed by atoms with Gasteiger partial charge in [0.2, 0.25) is 0 Å². The molecule has 1 N–H and O–H groups in total. The van der Waals surface area contributed by atoms with Gasteiger partial charge in [0.15, 0.2) is 5.69 Å². The Morgan fingerprint density at radius 2 is 1.92 bits per heavy atom. The van der Waals surface area contributed by atoms with E-state index < -0.39 is 22.7 Å². The number of ether oxygens (including phenoxy) is 1. The van der Waals surface area contributed by atoms with Crippen molar-refractivity contribution < 1.29 is 22.7 Å². The van der Waals surface area contributed by atoms with Crippen LogP contribution in [-0.2, 0) is 6.18 Å². The molecular formula is C17H19F3N2O2S. The molecule has 25 heavy (non-hydrogen) atoms. The number of alkyl halides is 3. The van der Waals surface area contributed by atoms with Crippen LogP contribution in [0.4, 0.5) is 18.9 Å². The second-order valence-corrected chi connectivity index (χ2v) is 6.27. The fourth-order valence-electron chi connectivity index (χ4n) is 2.15. The number of thiazole rings is 1. The van der Waals surface area contributed by atoms with Crippen LogP contribution >= 0.6 is 11.3 Å². The van der Waals surface area contributed by atoms with Crippen molar-refractivity contribution in [2.24, 2.45) is 0 Å². The highest BCUT2D eigenvalue weighted by Gasteiger charge is 2.38. The Hall–Kier alpha value is -2.09. The van der Waals surface area contributed by atoms with Gasteiger partial charge in [0.1, 0.15) is 10.6 Å². The molecule has 0 aliphatic heterocycles. The van der Waals surface area contributed by atoms with E-state index in [1.54, 1.807) is 24.3 Å². The Bertz CT molecular complexity index is 684. The lowest BCUT2D eigenvalue weighted by molar-refractivity contribution is -0.141. The van der Waals surface area contributed by atoms with Gasteiger partial charge in [-0.15, -0.1) is 11.3 Å². The Kier molecular flexibility index (Phi) is 6.81. The van der Waals surface area contributed by atoms with Gasteiger partial charge >= 0.3 is 6.18 Å². The minimum absolute atomic E-state index is 0.393. The van der Waals surface area contributed by atoms with E-state index in [4.69, 9.17) is 4.74 Å². The second kappa shape index (κ2) is 8.84. The molecule has 0 bridgehead atoms. The number of hydrogen-bond donors (Lipinski definition) is 1. The van der Waals surface area contributed by atoms with Crippen LogP contribution in [0.1, 0.15) is 48.0 Å². The van der Waals surface area contributed by atoms with Crippen molar-refractivity contribution in [2.75, 3.05) is 11.9 Å². The molecule has 8 heteroatoms. The van der Waals surface area contributed by atoms with E-state index in [-0.39, 0.29) is 0 Å². The molecule has 1 aromatic heterocycles. The molecule has 0 radical (unpaired) electrons. The predicted octanol–water partition coefficient (Wildman–Crippen LogP) is 5.37. The van der Waals surface area contributed by atoms with Crippen molar-refractivity contribution in [1.29, 1.82) is 0 Å². The second-order valence-electron chi connectivity index (χ2n) is 5.42. The molecule has 0 fully saturated rings. The summed E-state index contributed by atoms with van der Waals surface area (Å²) in [5.41, 5.74) is 0.236. The normalized spacial score (nSPS) is 11.4. The number of unbranched alkanes of at least 4 members (excludes halogenated alkanes) is 3. The molecule has 4 nitrogen and oxygen atoms in total. The molecule has 1 heterocycles. The molecule has 1 amide bonds. The highest BCUT2D eigenvalue weighted by atomic mass is 32.1. The number of halogens is 3. The maximum atomic E-state index is 12.8. The van der Waals surface area contributed by atoms with Crippen LogP contribution in [-0.4, -0.2) is 17.5 Å². The van der Waals surface area contributed by atoms with Gasteiger partial charge in [-0.25, -0.2) is 4.98 Å². The first kappa shape index (κ1) is 19.2. The third-order valence-corrected chi connectivity index (χ3v) is 4.25. The van der Waals surface area contributed by atoms with Gasteiger partial charge < -0.3 is 10.1 Å². The molecule has 0 aliphatic carbocycles. The van der Waals surface area contributed by atoms with Crippen LogP contribution in [0.25, 0.3) is 0 Å². The third-order valence-electron chi connectivity index (χ3n) is 3.42. The van der Waals surface area contributed by atoms with Crippen molar-refractivity contribution in [3.63, 3.8) is 0 Å². The van der Waals surface area contributed by atoms with Gasteiger partial charge in [-0.1, -0.05) is 26.2 Å². The van der Waals surface area contributed by atoms with Crippen molar-refractivity contribution >= 4 is 22.9 Å². The van der Waals surface area contributed by atoms with Crippen LogP contribution < -0.4 is 10.1 Å². The smallest absolute Gasteiger partial charge is 0.434 e. The first-order valence-electron chi connectivity index (χ1n) is 7.96. The lowest BCUT2D eigenvalue weighted by atomic mass is 10.2. The van der Waals surface area contributed by atoms with Gasteiger partial charge in [0.05, 0.1) is 12.1 Å². The molecule has 0 atom stereocenters. The summed E-state index contributed by atoms with van der Waals surface area (Å²) in [7, 11) is 0. The molecule has 2 aromatic rings. The molecule has 0 aliphatic rings. The largest absolute Gasteiger partial charge is 0.494 e. The van der Waals surface area contributed by atoms with Crippen molar-refractivity contribution in [3.05, 3.63) is 40.3 Å². The summed E-state index contributed by atoms with van der Waals surface area (Å²) < 4.78 is 43.9. The van der Waals surface area contributed by atoms with Crippen molar-refractivity contribution in [1.82, 2.24) is 4.98 Å². The number of aromatic nitrogens is 1. The van der Waals surface area contributed by atoms with Crippen LogP contribution in [0.5, 0.6) is 5.75 Å². The lowest BCUT2D eigenvalue weighted by Crippen LogP contribution is -2.17. The maximum Gasteiger partial charge on any atom is 0.434 e. The number of hydrogen-bond acceptors (Lipinski definition) is 4. The summed E-state index contributed by atoms with van der Waals surface area (Å²) in [5.74, 6) is -0.175. The average Bonchev–Trinajstić information content (AvgIpc) is 3.06. The molecule has 2 rings (SSSR count). The zero-order valence-electron chi connectivity index (χ0n) is 13.7. The Morgan fingerprint density at radius 1 is 1.20 bits per heavy atom. The molecule has 136 valence electrons. The fraction of sp³-hybridized carbons (Fsp3) is 0.412. The fourth-order valence-corrected chi connectivity index (χ4v) is 2.85. The number of anilines is 1. The number of benzene rings is 1. The summed E-state index contributed by atoms with van der Waals surface area (Å²) in [4.78, 5) is 14.8. The number of carbonyl (C=O) groups is 1. The highest BCUT2D eigenvalue weighted by Crippen LogP contribution is 2.33. The predicted molar refractivity (Wildman–Crippen MR) is 91.1 cm³/mol. The minimum atomic E-state index is -4.65. The quantitative estimate of drug-likeness (QED) is 0.634. The number of carbonyl (C=O) groups excluding carboxylic acids is 1. The van der Waals surface area contributed by atoms with Gasteiger partial charge in [0.25, 0.3) is 5.91 Å². The average molecular weight is 372 g/mol. The number of nitrogens with zero attached hydrogens (tertiary/aromatic N) is 1. The molecule has 0 spiro atoms. The van der Waals surface area contributed by atoms with Crippen LogP contribution in [0.3, 0.4) is 0 Å². The SMILES string of the molecule is CCCCCCOc1ccc(NC(=O)c2scnc2C(F)(F)F)cc1. The summed E-state index contributed by atoms with van der Waals surface area (Å²) in [5, 5.41) is 2.44. The zero-order chi connectivity index (χ0) is 18.3. The summed E-state index contributed by atoms with van der Waals surface area (Å²) in [6, 6.07) is 6.53.